The molecule has 0 radical (unpaired) electrons. The van der Waals surface area contributed by atoms with E-state index >= 15 is 0 Å². The molecule has 0 amide bonds. The number of benzene rings is 1. The smallest absolute Gasteiger partial charge is 0.180 e. The van der Waals surface area contributed by atoms with Crippen LogP contribution in [-0.4, -0.2) is 39.7 Å². The van der Waals surface area contributed by atoms with Crippen molar-refractivity contribution in [3.63, 3.8) is 0 Å². The van der Waals surface area contributed by atoms with Gasteiger partial charge in [-0.1, -0.05) is 35.3 Å². The highest BCUT2D eigenvalue weighted by Crippen LogP contribution is 2.38. The lowest BCUT2D eigenvalue weighted by atomic mass is 9.75. The van der Waals surface area contributed by atoms with Crippen molar-refractivity contribution in [1.82, 2.24) is 15.0 Å². The van der Waals surface area contributed by atoms with E-state index in [-0.39, 0.29) is 12.0 Å². The predicted molar refractivity (Wildman–Crippen MR) is 121 cm³/mol. The van der Waals surface area contributed by atoms with Gasteiger partial charge in [0.25, 0.3) is 0 Å². The Morgan fingerprint density at radius 2 is 2.00 bits per heavy atom. The zero-order chi connectivity index (χ0) is 22.0. The van der Waals surface area contributed by atoms with E-state index < -0.39 is 0 Å². The van der Waals surface area contributed by atoms with Crippen LogP contribution in [0.4, 0.5) is 5.82 Å². The molecule has 3 heterocycles. The zero-order valence-corrected chi connectivity index (χ0v) is 18.8. The molecule has 1 aliphatic heterocycles. The normalized spacial score (nSPS) is 16.0. The van der Waals surface area contributed by atoms with Crippen molar-refractivity contribution in [2.24, 2.45) is 11.1 Å². The van der Waals surface area contributed by atoms with Gasteiger partial charge in [-0.25, -0.2) is 15.0 Å². The van der Waals surface area contributed by atoms with Gasteiger partial charge in [-0.15, -0.1) is 0 Å². The molecule has 0 saturated carbocycles. The summed E-state index contributed by atoms with van der Waals surface area (Å²) in [5.41, 5.74) is 9.64. The van der Waals surface area contributed by atoms with Crippen molar-refractivity contribution in [3.05, 3.63) is 58.0 Å². The van der Waals surface area contributed by atoms with Gasteiger partial charge < -0.3 is 20.2 Å². The van der Waals surface area contributed by atoms with E-state index in [4.69, 9.17) is 43.3 Å². The van der Waals surface area contributed by atoms with Crippen LogP contribution in [0.15, 0.2) is 35.3 Å². The lowest BCUT2D eigenvalue weighted by Gasteiger charge is -2.41. The Labute approximate surface area is 191 Å². The maximum absolute atomic E-state index is 10.0. The molecular formula is C22H25Cl2N5O2. The van der Waals surface area contributed by atoms with Crippen molar-refractivity contribution < 1.29 is 9.52 Å². The molecule has 1 fully saturated rings. The summed E-state index contributed by atoms with van der Waals surface area (Å²) in [4.78, 5) is 16.0. The Hall–Kier alpha value is -2.19. The number of aliphatic hydroxyl groups is 1. The first-order valence-electron chi connectivity index (χ1n) is 10.2. The summed E-state index contributed by atoms with van der Waals surface area (Å²) in [6.07, 6.45) is 5.71. The molecule has 1 saturated heterocycles. The summed E-state index contributed by atoms with van der Waals surface area (Å²) >= 11 is 12.6. The van der Waals surface area contributed by atoms with Gasteiger partial charge >= 0.3 is 0 Å². The molecule has 0 atom stereocenters. The number of nitrogens with zero attached hydrogens (tertiary/aromatic N) is 4. The number of oxazole rings is 1. The number of halogens is 2. The highest BCUT2D eigenvalue weighted by atomic mass is 35.5. The molecule has 1 aliphatic rings. The second-order valence-corrected chi connectivity index (χ2v) is 8.82. The SMILES string of the molecule is Cc1nc(N2CCC(CN)(Cc3cocn3)CC2)c(CO)nc1-c1cccc(Cl)c1Cl. The Balaban J connectivity index is 1.59. The van der Waals surface area contributed by atoms with E-state index in [0.29, 0.717) is 39.4 Å². The Morgan fingerprint density at radius 3 is 2.65 bits per heavy atom. The van der Waals surface area contributed by atoms with E-state index in [1.54, 1.807) is 12.3 Å². The van der Waals surface area contributed by atoms with Gasteiger partial charge in [0.05, 0.1) is 33.7 Å². The maximum atomic E-state index is 10.0. The first-order chi connectivity index (χ1) is 15.0. The van der Waals surface area contributed by atoms with Gasteiger partial charge in [0.1, 0.15) is 12.0 Å². The molecule has 164 valence electrons. The molecule has 9 heteroatoms. The van der Waals surface area contributed by atoms with Gasteiger partial charge in [-0.2, -0.15) is 0 Å². The standard InChI is InChI=1S/C22H25Cl2N5O2/c1-14-20(16-3-2-4-17(23)19(16)24)28-18(10-30)21(27-14)29-7-5-22(12-25,6-8-29)9-15-11-31-13-26-15/h2-4,11,13,30H,5-10,12,25H2,1H3. The predicted octanol–water partition coefficient (Wildman–Crippen LogP) is 4.03. The third-order valence-corrected chi connectivity index (χ3v) is 6.89. The number of piperidine rings is 1. The number of aryl methyl sites for hydroxylation is 1. The summed E-state index contributed by atoms with van der Waals surface area (Å²) in [7, 11) is 0. The summed E-state index contributed by atoms with van der Waals surface area (Å²) in [6.45, 7) is 3.80. The van der Waals surface area contributed by atoms with Gasteiger partial charge in [0.15, 0.2) is 12.2 Å². The van der Waals surface area contributed by atoms with E-state index in [1.165, 1.54) is 6.39 Å². The fourth-order valence-electron chi connectivity index (χ4n) is 4.20. The lowest BCUT2D eigenvalue weighted by Crippen LogP contribution is -2.46. The number of nitrogens with two attached hydrogens (primary N) is 1. The van der Waals surface area contributed by atoms with E-state index in [0.717, 1.165) is 43.7 Å². The van der Waals surface area contributed by atoms with E-state index in [9.17, 15) is 5.11 Å². The number of hydrogen-bond donors (Lipinski definition) is 2. The van der Waals surface area contributed by atoms with Crippen LogP contribution in [0.5, 0.6) is 0 Å². The molecule has 3 N–H and O–H groups in total. The first kappa shape index (κ1) is 22.0. The fraction of sp³-hybridized carbons (Fsp3) is 0.409. The average Bonchev–Trinajstić information content (AvgIpc) is 3.29. The molecule has 0 unspecified atom stereocenters. The fourth-order valence-corrected chi connectivity index (χ4v) is 4.59. The van der Waals surface area contributed by atoms with Crippen LogP contribution < -0.4 is 10.6 Å². The molecule has 31 heavy (non-hydrogen) atoms. The highest BCUT2D eigenvalue weighted by Gasteiger charge is 2.35. The summed E-state index contributed by atoms with van der Waals surface area (Å²) in [5.74, 6) is 0.703. The van der Waals surface area contributed by atoms with Crippen molar-refractivity contribution in [2.45, 2.75) is 32.8 Å². The number of rotatable bonds is 6. The third-order valence-electron chi connectivity index (χ3n) is 6.07. The Kier molecular flexibility index (Phi) is 6.48. The Bertz CT molecular complexity index is 1050. The van der Waals surface area contributed by atoms with Gasteiger partial charge in [0, 0.05) is 18.7 Å². The quantitative estimate of drug-likeness (QED) is 0.571. The number of anilines is 1. The van der Waals surface area contributed by atoms with Gasteiger partial charge in [0.2, 0.25) is 0 Å². The largest absolute Gasteiger partial charge is 0.451 e. The summed E-state index contributed by atoms with van der Waals surface area (Å²) < 4.78 is 5.12. The maximum Gasteiger partial charge on any atom is 0.180 e. The minimum absolute atomic E-state index is 0.0243. The second-order valence-electron chi connectivity index (χ2n) is 8.04. The number of aromatic nitrogens is 3. The van der Waals surface area contributed by atoms with E-state index in [2.05, 4.69) is 9.88 Å². The van der Waals surface area contributed by atoms with Gasteiger partial charge in [-0.05, 0) is 44.2 Å². The topological polar surface area (TPSA) is 101 Å². The molecule has 2 aromatic heterocycles. The summed E-state index contributed by atoms with van der Waals surface area (Å²) in [6, 6.07) is 5.41. The summed E-state index contributed by atoms with van der Waals surface area (Å²) in [5, 5.41) is 10.9. The molecule has 0 aliphatic carbocycles. The van der Waals surface area contributed by atoms with Crippen molar-refractivity contribution in [3.8, 4) is 11.3 Å². The average molecular weight is 462 g/mol. The van der Waals surface area contributed by atoms with Crippen molar-refractivity contribution in [2.75, 3.05) is 24.5 Å². The van der Waals surface area contributed by atoms with Crippen LogP contribution in [0.3, 0.4) is 0 Å². The zero-order valence-electron chi connectivity index (χ0n) is 17.3. The highest BCUT2D eigenvalue weighted by molar-refractivity contribution is 6.43. The molecule has 0 spiro atoms. The van der Waals surface area contributed by atoms with Gasteiger partial charge in [-0.3, -0.25) is 0 Å². The molecular weight excluding hydrogens is 437 g/mol. The van der Waals surface area contributed by atoms with Crippen LogP contribution in [0.25, 0.3) is 11.3 Å². The van der Waals surface area contributed by atoms with Crippen LogP contribution in [-0.2, 0) is 13.0 Å². The van der Waals surface area contributed by atoms with Crippen LogP contribution in [0, 0.1) is 12.3 Å². The lowest BCUT2D eigenvalue weighted by molar-refractivity contribution is 0.222. The molecule has 3 aromatic rings. The van der Waals surface area contributed by atoms with E-state index in [1.807, 2.05) is 19.1 Å². The monoisotopic (exact) mass is 461 g/mol. The Morgan fingerprint density at radius 1 is 1.23 bits per heavy atom. The van der Waals surface area contributed by atoms with Crippen LogP contribution in [0.2, 0.25) is 10.0 Å². The molecule has 7 nitrogen and oxygen atoms in total. The minimum atomic E-state index is -0.217. The minimum Gasteiger partial charge on any atom is -0.451 e. The second kappa shape index (κ2) is 9.12. The third kappa shape index (κ3) is 4.41. The first-order valence-corrected chi connectivity index (χ1v) is 11.0. The molecule has 4 rings (SSSR count). The molecule has 1 aromatic carbocycles. The number of hydrogen-bond acceptors (Lipinski definition) is 7. The van der Waals surface area contributed by atoms with Crippen LogP contribution in [0.1, 0.15) is 29.9 Å². The molecule has 0 bridgehead atoms. The number of aliphatic hydroxyl groups excluding tert-OH is 1. The van der Waals surface area contributed by atoms with Crippen LogP contribution >= 0.6 is 23.2 Å². The van der Waals surface area contributed by atoms with Crippen molar-refractivity contribution >= 4 is 29.0 Å². The van der Waals surface area contributed by atoms with Crippen molar-refractivity contribution in [1.29, 1.82) is 0 Å².